The predicted octanol–water partition coefficient (Wildman–Crippen LogP) is 2.32. The van der Waals surface area contributed by atoms with E-state index in [0.29, 0.717) is 31.2 Å². The topological polar surface area (TPSA) is 62.3 Å². The van der Waals surface area contributed by atoms with Gasteiger partial charge in [-0.3, -0.25) is 0 Å². The zero-order chi connectivity index (χ0) is 14.6. The molecule has 6 heteroatoms. The summed E-state index contributed by atoms with van der Waals surface area (Å²) in [6.45, 7) is 5.94. The van der Waals surface area contributed by atoms with Crippen molar-refractivity contribution < 1.29 is 8.42 Å². The van der Waals surface area contributed by atoms with Crippen LogP contribution in [0.25, 0.3) is 0 Å². The Morgan fingerprint density at radius 3 is 2.95 bits per heavy atom. The van der Waals surface area contributed by atoms with E-state index >= 15 is 0 Å². The molecule has 1 aliphatic heterocycles. The molecule has 0 radical (unpaired) electrons. The number of rotatable bonds is 5. The van der Waals surface area contributed by atoms with E-state index in [1.165, 1.54) is 6.20 Å². The van der Waals surface area contributed by atoms with Crippen LogP contribution in [0, 0.1) is 5.92 Å². The summed E-state index contributed by atoms with van der Waals surface area (Å²) in [5.74, 6) is 0.463. The number of nitrogens with zero attached hydrogens (tertiary/aromatic N) is 2. The molecular weight excluding hydrogens is 274 g/mol. The van der Waals surface area contributed by atoms with Gasteiger partial charge in [0.1, 0.15) is 0 Å². The van der Waals surface area contributed by atoms with Crippen molar-refractivity contribution in [2.75, 3.05) is 25.0 Å². The first-order valence-electron chi connectivity index (χ1n) is 7.28. The second kappa shape index (κ2) is 6.54. The van der Waals surface area contributed by atoms with Crippen LogP contribution in [0.15, 0.2) is 23.4 Å². The van der Waals surface area contributed by atoms with Crippen LogP contribution in [0.1, 0.15) is 33.1 Å². The lowest BCUT2D eigenvalue weighted by atomic mass is 9.97. The number of sulfonamides is 1. The first-order valence-corrected chi connectivity index (χ1v) is 8.72. The van der Waals surface area contributed by atoms with Gasteiger partial charge in [-0.25, -0.2) is 13.4 Å². The van der Waals surface area contributed by atoms with E-state index in [1.807, 2.05) is 6.92 Å². The van der Waals surface area contributed by atoms with Crippen LogP contribution < -0.4 is 5.32 Å². The fraction of sp³-hybridized carbons (Fsp3) is 0.643. The Labute approximate surface area is 121 Å². The van der Waals surface area contributed by atoms with E-state index in [1.54, 1.807) is 16.4 Å². The van der Waals surface area contributed by atoms with Crippen molar-refractivity contribution >= 4 is 15.7 Å². The predicted molar refractivity (Wildman–Crippen MR) is 80.2 cm³/mol. The molecule has 1 N–H and O–H groups in total. The minimum atomic E-state index is -3.50. The monoisotopic (exact) mass is 297 g/mol. The molecule has 0 spiro atoms. The van der Waals surface area contributed by atoms with Gasteiger partial charge in [0, 0.05) is 25.8 Å². The molecule has 20 heavy (non-hydrogen) atoms. The average molecular weight is 297 g/mol. The van der Waals surface area contributed by atoms with Gasteiger partial charge in [-0.2, -0.15) is 4.31 Å². The fourth-order valence-electron chi connectivity index (χ4n) is 2.62. The molecule has 5 nitrogen and oxygen atoms in total. The molecule has 1 unspecified atom stereocenters. The molecule has 1 saturated heterocycles. The maximum Gasteiger partial charge on any atom is 0.262 e. The van der Waals surface area contributed by atoms with Crippen LogP contribution in [0.5, 0.6) is 0 Å². The molecule has 0 amide bonds. The number of anilines is 1. The van der Waals surface area contributed by atoms with Crippen LogP contribution in [-0.4, -0.2) is 37.3 Å². The summed E-state index contributed by atoms with van der Waals surface area (Å²) in [6, 6.07) is 3.52. The molecule has 0 aromatic carbocycles. The summed E-state index contributed by atoms with van der Waals surface area (Å²) < 4.78 is 27.1. The van der Waals surface area contributed by atoms with Gasteiger partial charge in [-0.05, 0) is 37.8 Å². The molecule has 2 heterocycles. The van der Waals surface area contributed by atoms with E-state index in [-0.39, 0.29) is 5.03 Å². The Hall–Kier alpha value is -1.14. The molecule has 1 aromatic heterocycles. The van der Waals surface area contributed by atoms with Gasteiger partial charge in [0.15, 0.2) is 5.03 Å². The van der Waals surface area contributed by atoms with Crippen molar-refractivity contribution in [3.8, 4) is 0 Å². The molecule has 2 rings (SSSR count). The highest BCUT2D eigenvalue weighted by Gasteiger charge is 2.32. The highest BCUT2D eigenvalue weighted by atomic mass is 32.2. The lowest BCUT2D eigenvalue weighted by Crippen LogP contribution is -2.40. The van der Waals surface area contributed by atoms with Gasteiger partial charge in [0.05, 0.1) is 5.69 Å². The summed E-state index contributed by atoms with van der Waals surface area (Å²) >= 11 is 0. The van der Waals surface area contributed by atoms with E-state index in [0.717, 1.165) is 19.3 Å². The van der Waals surface area contributed by atoms with Crippen LogP contribution in [0.2, 0.25) is 0 Å². The Morgan fingerprint density at radius 2 is 2.25 bits per heavy atom. The third-order valence-corrected chi connectivity index (χ3v) is 5.61. The maximum atomic E-state index is 12.8. The maximum absolute atomic E-state index is 12.8. The van der Waals surface area contributed by atoms with Crippen molar-refractivity contribution in [2.45, 2.75) is 38.1 Å². The number of hydrogen-bond donors (Lipinski definition) is 1. The van der Waals surface area contributed by atoms with Crippen molar-refractivity contribution in [1.29, 1.82) is 0 Å². The third-order valence-electron chi connectivity index (χ3n) is 3.78. The second-order valence-corrected chi connectivity index (χ2v) is 7.02. The summed E-state index contributed by atoms with van der Waals surface area (Å²) in [6.07, 6.45) is 4.61. The summed E-state index contributed by atoms with van der Waals surface area (Å²) in [7, 11) is -3.50. The van der Waals surface area contributed by atoms with Gasteiger partial charge >= 0.3 is 0 Å². The number of piperidine rings is 1. The number of hydrogen-bond acceptors (Lipinski definition) is 4. The van der Waals surface area contributed by atoms with Crippen molar-refractivity contribution in [3.63, 3.8) is 0 Å². The van der Waals surface area contributed by atoms with Crippen molar-refractivity contribution in [2.24, 2.45) is 5.92 Å². The quantitative estimate of drug-likeness (QED) is 0.906. The Balaban J connectivity index is 2.30. The lowest BCUT2D eigenvalue weighted by molar-refractivity contribution is 0.261. The minimum Gasteiger partial charge on any atom is -0.383 e. The van der Waals surface area contributed by atoms with Crippen LogP contribution in [-0.2, 0) is 10.0 Å². The number of pyridine rings is 1. The standard InChI is InChI=1S/C14H23N3O2S/c1-3-12-7-6-10-17(11-12)20(18,19)14-13(15-4-2)8-5-9-16-14/h5,8-9,12,15H,3-4,6-7,10-11H2,1-2H3. The molecule has 112 valence electrons. The van der Waals surface area contributed by atoms with E-state index < -0.39 is 10.0 Å². The average Bonchev–Trinajstić information content (AvgIpc) is 2.48. The lowest BCUT2D eigenvalue weighted by Gasteiger charge is -2.31. The van der Waals surface area contributed by atoms with E-state index in [4.69, 9.17) is 0 Å². The molecular formula is C14H23N3O2S. The van der Waals surface area contributed by atoms with Gasteiger partial charge in [-0.15, -0.1) is 0 Å². The molecule has 1 aliphatic rings. The normalized spacial score (nSPS) is 20.8. The Kier molecular flexibility index (Phi) is 4.99. The molecule has 0 bridgehead atoms. The smallest absolute Gasteiger partial charge is 0.262 e. The molecule has 1 fully saturated rings. The Bertz CT molecular complexity index is 545. The summed E-state index contributed by atoms with van der Waals surface area (Å²) in [4.78, 5) is 4.10. The van der Waals surface area contributed by atoms with Gasteiger partial charge < -0.3 is 5.32 Å². The second-order valence-electron chi connectivity index (χ2n) is 5.17. The molecule has 0 aliphatic carbocycles. The van der Waals surface area contributed by atoms with Gasteiger partial charge in [0.2, 0.25) is 0 Å². The summed E-state index contributed by atoms with van der Waals surface area (Å²) in [5, 5.41) is 3.23. The molecule has 1 atom stereocenters. The van der Waals surface area contributed by atoms with Crippen LogP contribution in [0.3, 0.4) is 0 Å². The van der Waals surface area contributed by atoms with Crippen molar-refractivity contribution in [3.05, 3.63) is 18.3 Å². The SMILES string of the molecule is CCNc1cccnc1S(=O)(=O)N1CCCC(CC)C1. The fourth-order valence-corrected chi connectivity index (χ4v) is 4.26. The molecule has 1 aromatic rings. The zero-order valence-corrected chi connectivity index (χ0v) is 13.0. The van der Waals surface area contributed by atoms with Gasteiger partial charge in [0.25, 0.3) is 10.0 Å². The molecule has 0 saturated carbocycles. The number of nitrogens with one attached hydrogen (secondary N) is 1. The first-order chi connectivity index (χ1) is 9.59. The van der Waals surface area contributed by atoms with E-state index in [2.05, 4.69) is 17.2 Å². The number of aromatic nitrogens is 1. The third kappa shape index (κ3) is 3.12. The summed E-state index contributed by atoms with van der Waals surface area (Å²) in [5.41, 5.74) is 0.591. The first kappa shape index (κ1) is 15.3. The highest BCUT2D eigenvalue weighted by molar-refractivity contribution is 7.89. The van der Waals surface area contributed by atoms with Crippen molar-refractivity contribution in [1.82, 2.24) is 9.29 Å². The Morgan fingerprint density at radius 1 is 1.45 bits per heavy atom. The highest BCUT2D eigenvalue weighted by Crippen LogP contribution is 2.27. The minimum absolute atomic E-state index is 0.151. The van der Waals surface area contributed by atoms with Gasteiger partial charge in [-0.1, -0.05) is 13.3 Å². The largest absolute Gasteiger partial charge is 0.383 e. The van der Waals surface area contributed by atoms with E-state index in [9.17, 15) is 8.42 Å². The van der Waals surface area contributed by atoms with Crippen LogP contribution >= 0.6 is 0 Å². The zero-order valence-electron chi connectivity index (χ0n) is 12.2. The van der Waals surface area contributed by atoms with Crippen LogP contribution in [0.4, 0.5) is 5.69 Å².